The lowest BCUT2D eigenvalue weighted by Gasteiger charge is -2.05. The fraction of sp³-hybridized carbons (Fsp3) is 0.750. The monoisotopic (exact) mass is 255 g/mol. The number of nitrogens with zero attached hydrogens (tertiary/aromatic N) is 2. The Bertz CT molecular complexity index is 374. The number of aliphatic hydroxyl groups excluding tert-OH is 1. The molecule has 1 aromatic heterocycles. The summed E-state index contributed by atoms with van der Waals surface area (Å²) in [6.07, 6.45) is 0.929. The van der Waals surface area contributed by atoms with Gasteiger partial charge in [0.15, 0.2) is 0 Å². The highest BCUT2D eigenvalue weighted by molar-refractivity contribution is 5.75. The lowest BCUT2D eigenvalue weighted by Crippen LogP contribution is -2.26. The molecule has 0 bridgehead atoms. The minimum Gasteiger partial charge on any atom is -0.425 e. The van der Waals surface area contributed by atoms with Gasteiger partial charge in [0.2, 0.25) is 17.7 Å². The van der Waals surface area contributed by atoms with E-state index in [0.29, 0.717) is 37.6 Å². The molecule has 0 saturated carbocycles. The molecule has 1 unspecified atom stereocenters. The van der Waals surface area contributed by atoms with Crippen LogP contribution in [0.3, 0.4) is 0 Å². The van der Waals surface area contributed by atoms with E-state index in [0.717, 1.165) is 0 Å². The standard InChI is InChI=1S/C12H21N3O3/c1-8(2)12-15-14-11(18-12)5-4-10(17)13-7-6-9(3)16/h8-9,16H,4-7H2,1-3H3,(H,13,17). The van der Waals surface area contributed by atoms with E-state index in [1.54, 1.807) is 6.92 Å². The highest BCUT2D eigenvalue weighted by atomic mass is 16.4. The molecule has 0 aliphatic heterocycles. The van der Waals surface area contributed by atoms with Gasteiger partial charge in [0.05, 0.1) is 6.10 Å². The number of aryl methyl sites for hydroxylation is 1. The highest BCUT2D eigenvalue weighted by Crippen LogP contribution is 2.12. The molecule has 0 saturated heterocycles. The minimum atomic E-state index is -0.394. The van der Waals surface area contributed by atoms with Gasteiger partial charge in [0, 0.05) is 25.3 Å². The Kier molecular flexibility index (Phi) is 5.77. The second kappa shape index (κ2) is 7.10. The van der Waals surface area contributed by atoms with Crippen LogP contribution in [0.25, 0.3) is 0 Å². The van der Waals surface area contributed by atoms with Crippen LogP contribution in [0.2, 0.25) is 0 Å². The van der Waals surface area contributed by atoms with Crippen molar-refractivity contribution < 1.29 is 14.3 Å². The molecular formula is C12H21N3O3. The molecule has 0 fully saturated rings. The van der Waals surface area contributed by atoms with E-state index < -0.39 is 6.10 Å². The minimum absolute atomic E-state index is 0.0695. The summed E-state index contributed by atoms with van der Waals surface area (Å²) in [5.74, 6) is 1.22. The van der Waals surface area contributed by atoms with Crippen LogP contribution < -0.4 is 5.32 Å². The summed E-state index contributed by atoms with van der Waals surface area (Å²) in [4.78, 5) is 11.5. The molecule has 1 rings (SSSR count). The zero-order valence-corrected chi connectivity index (χ0v) is 11.1. The third-order valence-electron chi connectivity index (χ3n) is 2.43. The first kappa shape index (κ1) is 14.6. The van der Waals surface area contributed by atoms with E-state index in [4.69, 9.17) is 9.52 Å². The first-order valence-corrected chi connectivity index (χ1v) is 6.26. The quantitative estimate of drug-likeness (QED) is 0.759. The summed E-state index contributed by atoms with van der Waals surface area (Å²) in [7, 11) is 0. The average Bonchev–Trinajstić information content (AvgIpc) is 2.74. The first-order valence-electron chi connectivity index (χ1n) is 6.26. The fourth-order valence-electron chi connectivity index (χ4n) is 1.33. The van der Waals surface area contributed by atoms with Crippen LogP contribution in [-0.4, -0.2) is 33.9 Å². The maximum atomic E-state index is 11.5. The molecule has 1 amide bonds. The normalized spacial score (nSPS) is 12.7. The topological polar surface area (TPSA) is 88.2 Å². The maximum Gasteiger partial charge on any atom is 0.220 e. The molecule has 102 valence electrons. The van der Waals surface area contributed by atoms with Gasteiger partial charge < -0.3 is 14.8 Å². The van der Waals surface area contributed by atoms with Crippen molar-refractivity contribution in [2.45, 2.75) is 52.1 Å². The fourth-order valence-corrected chi connectivity index (χ4v) is 1.33. The summed E-state index contributed by atoms with van der Waals surface area (Å²) in [5.41, 5.74) is 0. The van der Waals surface area contributed by atoms with Crippen molar-refractivity contribution in [1.29, 1.82) is 0 Å². The van der Waals surface area contributed by atoms with Gasteiger partial charge in [-0.05, 0) is 13.3 Å². The van der Waals surface area contributed by atoms with Gasteiger partial charge in [0.25, 0.3) is 0 Å². The number of hydrogen-bond donors (Lipinski definition) is 2. The molecule has 0 radical (unpaired) electrons. The lowest BCUT2D eigenvalue weighted by molar-refractivity contribution is -0.121. The molecule has 1 atom stereocenters. The van der Waals surface area contributed by atoms with E-state index in [1.165, 1.54) is 0 Å². The summed E-state index contributed by atoms with van der Waals surface area (Å²) in [5, 5.41) is 19.5. The van der Waals surface area contributed by atoms with Gasteiger partial charge in [-0.25, -0.2) is 0 Å². The number of aromatic nitrogens is 2. The number of carbonyl (C=O) groups is 1. The molecule has 0 aliphatic rings. The zero-order chi connectivity index (χ0) is 13.5. The highest BCUT2D eigenvalue weighted by Gasteiger charge is 2.11. The number of amides is 1. The van der Waals surface area contributed by atoms with E-state index >= 15 is 0 Å². The van der Waals surface area contributed by atoms with Gasteiger partial charge in [0.1, 0.15) is 0 Å². The Morgan fingerprint density at radius 2 is 2.11 bits per heavy atom. The number of rotatable bonds is 7. The Morgan fingerprint density at radius 1 is 1.39 bits per heavy atom. The molecule has 2 N–H and O–H groups in total. The van der Waals surface area contributed by atoms with E-state index in [1.807, 2.05) is 13.8 Å². The van der Waals surface area contributed by atoms with E-state index in [-0.39, 0.29) is 11.8 Å². The largest absolute Gasteiger partial charge is 0.425 e. The van der Waals surface area contributed by atoms with Crippen LogP contribution >= 0.6 is 0 Å². The van der Waals surface area contributed by atoms with Gasteiger partial charge in [-0.3, -0.25) is 4.79 Å². The molecule has 6 nitrogen and oxygen atoms in total. The van der Waals surface area contributed by atoms with Crippen molar-refractivity contribution in [1.82, 2.24) is 15.5 Å². The van der Waals surface area contributed by atoms with E-state index in [9.17, 15) is 4.79 Å². The van der Waals surface area contributed by atoms with Crippen LogP contribution in [0.1, 0.15) is 51.3 Å². The molecule has 1 heterocycles. The third kappa shape index (κ3) is 5.27. The Balaban J connectivity index is 2.25. The van der Waals surface area contributed by atoms with Crippen molar-refractivity contribution in [2.24, 2.45) is 0 Å². The van der Waals surface area contributed by atoms with Crippen LogP contribution in [0.4, 0.5) is 0 Å². The van der Waals surface area contributed by atoms with Gasteiger partial charge >= 0.3 is 0 Å². The molecule has 6 heteroatoms. The number of hydrogen-bond acceptors (Lipinski definition) is 5. The molecule has 0 aromatic carbocycles. The van der Waals surface area contributed by atoms with Crippen LogP contribution in [0.15, 0.2) is 4.42 Å². The van der Waals surface area contributed by atoms with Gasteiger partial charge in [-0.1, -0.05) is 13.8 Å². The maximum absolute atomic E-state index is 11.5. The number of aliphatic hydroxyl groups is 1. The second-order valence-corrected chi connectivity index (χ2v) is 4.68. The van der Waals surface area contributed by atoms with Crippen molar-refractivity contribution in [3.8, 4) is 0 Å². The lowest BCUT2D eigenvalue weighted by atomic mass is 10.2. The molecule has 1 aromatic rings. The van der Waals surface area contributed by atoms with Crippen LogP contribution in [0, 0.1) is 0 Å². The van der Waals surface area contributed by atoms with Crippen molar-refractivity contribution >= 4 is 5.91 Å². The molecule has 18 heavy (non-hydrogen) atoms. The average molecular weight is 255 g/mol. The molecule has 0 aliphatic carbocycles. The second-order valence-electron chi connectivity index (χ2n) is 4.68. The van der Waals surface area contributed by atoms with Crippen LogP contribution in [-0.2, 0) is 11.2 Å². The van der Waals surface area contributed by atoms with E-state index in [2.05, 4.69) is 15.5 Å². The summed E-state index contributed by atoms with van der Waals surface area (Å²) in [6, 6.07) is 0. The smallest absolute Gasteiger partial charge is 0.220 e. The summed E-state index contributed by atoms with van der Waals surface area (Å²) in [6.45, 7) is 6.12. The molecule has 0 spiro atoms. The van der Waals surface area contributed by atoms with Crippen molar-refractivity contribution in [3.05, 3.63) is 11.8 Å². The Labute approximate surface area is 107 Å². The van der Waals surface area contributed by atoms with Crippen LogP contribution in [0.5, 0.6) is 0 Å². The summed E-state index contributed by atoms with van der Waals surface area (Å²) < 4.78 is 5.40. The van der Waals surface area contributed by atoms with Crippen molar-refractivity contribution in [2.75, 3.05) is 6.54 Å². The third-order valence-corrected chi connectivity index (χ3v) is 2.43. The Morgan fingerprint density at radius 3 is 2.67 bits per heavy atom. The van der Waals surface area contributed by atoms with Gasteiger partial charge in [-0.2, -0.15) is 0 Å². The predicted molar refractivity (Wildman–Crippen MR) is 66.0 cm³/mol. The number of nitrogens with one attached hydrogen (secondary N) is 1. The van der Waals surface area contributed by atoms with Crippen molar-refractivity contribution in [3.63, 3.8) is 0 Å². The number of carbonyl (C=O) groups excluding carboxylic acids is 1. The van der Waals surface area contributed by atoms with Gasteiger partial charge in [-0.15, -0.1) is 10.2 Å². The predicted octanol–water partition coefficient (Wildman–Crippen LogP) is 1.01. The summed E-state index contributed by atoms with van der Waals surface area (Å²) >= 11 is 0. The zero-order valence-electron chi connectivity index (χ0n) is 11.1. The molecular weight excluding hydrogens is 234 g/mol. The Hall–Kier alpha value is -1.43. The SMILES string of the molecule is CC(O)CCNC(=O)CCc1nnc(C(C)C)o1. The first-order chi connectivity index (χ1) is 8.49.